The number of hydrogen-bond acceptors (Lipinski definition) is 5. The lowest BCUT2D eigenvalue weighted by atomic mass is 10.1. The first-order valence-electron chi connectivity index (χ1n) is 7.04. The van der Waals surface area contributed by atoms with Crippen LogP contribution in [0.2, 0.25) is 0 Å². The fourth-order valence-corrected chi connectivity index (χ4v) is 2.17. The van der Waals surface area contributed by atoms with Crippen molar-refractivity contribution in [1.29, 1.82) is 0 Å². The summed E-state index contributed by atoms with van der Waals surface area (Å²) in [5.74, 6) is -1.91. The quantitative estimate of drug-likeness (QED) is 0.688. The Morgan fingerprint density at radius 1 is 1.21 bits per heavy atom. The summed E-state index contributed by atoms with van der Waals surface area (Å²) < 4.78 is 33.6. The maximum Gasteiger partial charge on any atom is 0.338 e. The molecule has 0 fully saturated rings. The Kier molecular flexibility index (Phi) is 4.28. The number of carbonyl (C=O) groups excluding carboxylic acids is 1. The van der Waals surface area contributed by atoms with Crippen molar-refractivity contribution >= 4 is 5.97 Å². The van der Waals surface area contributed by atoms with E-state index in [9.17, 15) is 13.6 Å². The number of benzene rings is 2. The van der Waals surface area contributed by atoms with Gasteiger partial charge in [-0.1, -0.05) is 6.07 Å². The molecule has 1 heterocycles. The molecule has 1 aromatic heterocycles. The first-order chi connectivity index (χ1) is 11.5. The van der Waals surface area contributed by atoms with Gasteiger partial charge in [0.15, 0.2) is 0 Å². The third-order valence-corrected chi connectivity index (χ3v) is 3.38. The second-order valence-electron chi connectivity index (χ2n) is 5.02. The second-order valence-corrected chi connectivity index (χ2v) is 5.02. The average molecular weight is 330 g/mol. The van der Waals surface area contributed by atoms with Crippen LogP contribution in [0, 0.1) is 11.6 Å². The molecule has 24 heavy (non-hydrogen) atoms. The summed E-state index contributed by atoms with van der Waals surface area (Å²) in [6.45, 7) is 1.47. The molecule has 3 aromatic rings. The molecule has 0 aliphatic carbocycles. The highest BCUT2D eigenvalue weighted by Crippen LogP contribution is 2.23. The molecular formula is C16H12F2N4O2. The first kappa shape index (κ1) is 15.7. The van der Waals surface area contributed by atoms with Crippen LogP contribution in [0.4, 0.5) is 8.78 Å². The highest BCUT2D eigenvalue weighted by molar-refractivity contribution is 5.90. The molecule has 3 rings (SSSR count). The Bertz CT molecular complexity index is 868. The van der Waals surface area contributed by atoms with Crippen LogP contribution in [-0.4, -0.2) is 26.2 Å². The van der Waals surface area contributed by atoms with Crippen LogP contribution in [0.25, 0.3) is 5.69 Å². The molecule has 0 amide bonds. The van der Waals surface area contributed by atoms with E-state index in [1.807, 2.05) is 0 Å². The molecule has 0 unspecified atom stereocenters. The first-order valence-corrected chi connectivity index (χ1v) is 7.04. The van der Waals surface area contributed by atoms with Gasteiger partial charge in [-0.3, -0.25) is 0 Å². The van der Waals surface area contributed by atoms with E-state index in [0.717, 1.165) is 18.2 Å². The molecule has 0 saturated heterocycles. The zero-order chi connectivity index (χ0) is 17.1. The topological polar surface area (TPSA) is 69.9 Å². The number of carbonyl (C=O) groups is 1. The highest BCUT2D eigenvalue weighted by atomic mass is 19.1. The van der Waals surface area contributed by atoms with E-state index in [4.69, 9.17) is 4.74 Å². The van der Waals surface area contributed by atoms with Crippen LogP contribution in [0.1, 0.15) is 28.9 Å². The van der Waals surface area contributed by atoms with E-state index in [1.165, 1.54) is 24.0 Å². The molecule has 0 saturated carbocycles. The van der Waals surface area contributed by atoms with Gasteiger partial charge in [0.25, 0.3) is 0 Å². The zero-order valence-corrected chi connectivity index (χ0v) is 12.6. The van der Waals surface area contributed by atoms with Crippen LogP contribution in [0.3, 0.4) is 0 Å². The Morgan fingerprint density at radius 2 is 2.04 bits per heavy atom. The SMILES string of the molecule is C[C@@H](OC(=O)c1cccc(-n2cnnn2)c1)c1cc(F)ccc1F. The number of esters is 1. The van der Waals surface area contributed by atoms with Crippen LogP contribution in [0.15, 0.2) is 48.8 Å². The van der Waals surface area contributed by atoms with Crippen molar-refractivity contribution in [3.63, 3.8) is 0 Å². The summed E-state index contributed by atoms with van der Waals surface area (Å²) in [7, 11) is 0. The Balaban J connectivity index is 1.80. The molecule has 1 atom stereocenters. The van der Waals surface area contributed by atoms with Crippen LogP contribution < -0.4 is 0 Å². The van der Waals surface area contributed by atoms with Gasteiger partial charge in [0.1, 0.15) is 24.1 Å². The van der Waals surface area contributed by atoms with Crippen molar-refractivity contribution < 1.29 is 18.3 Å². The van der Waals surface area contributed by atoms with Crippen molar-refractivity contribution in [2.45, 2.75) is 13.0 Å². The second kappa shape index (κ2) is 6.53. The van der Waals surface area contributed by atoms with Gasteiger partial charge in [0.05, 0.1) is 11.3 Å². The molecule has 0 spiro atoms. The Labute approximate surface area is 135 Å². The number of nitrogens with zero attached hydrogens (tertiary/aromatic N) is 4. The molecule has 0 radical (unpaired) electrons. The number of tetrazole rings is 1. The standard InChI is InChI=1S/C16H12F2N4O2/c1-10(14-8-12(17)5-6-15(14)18)24-16(23)11-3-2-4-13(7-11)22-9-19-20-21-22/h2-10H,1H3/t10-/m1/s1. The minimum atomic E-state index is -0.940. The lowest BCUT2D eigenvalue weighted by molar-refractivity contribution is 0.0330. The fraction of sp³-hybridized carbons (Fsp3) is 0.125. The van der Waals surface area contributed by atoms with E-state index in [0.29, 0.717) is 5.69 Å². The van der Waals surface area contributed by atoms with E-state index in [2.05, 4.69) is 15.5 Å². The van der Waals surface area contributed by atoms with E-state index >= 15 is 0 Å². The van der Waals surface area contributed by atoms with Crippen LogP contribution >= 0.6 is 0 Å². The number of halogens is 2. The third kappa shape index (κ3) is 3.27. The molecule has 0 N–H and O–H groups in total. The highest BCUT2D eigenvalue weighted by Gasteiger charge is 2.18. The van der Waals surface area contributed by atoms with Crippen molar-refractivity contribution in [3.05, 3.63) is 71.6 Å². The fourth-order valence-electron chi connectivity index (χ4n) is 2.17. The molecule has 122 valence electrons. The van der Waals surface area contributed by atoms with E-state index in [-0.39, 0.29) is 11.1 Å². The normalized spacial score (nSPS) is 12.0. The maximum absolute atomic E-state index is 13.7. The lowest BCUT2D eigenvalue weighted by Gasteiger charge is -2.15. The summed E-state index contributed by atoms with van der Waals surface area (Å²) in [4.78, 5) is 12.2. The summed E-state index contributed by atoms with van der Waals surface area (Å²) in [5.41, 5.74) is 0.783. The predicted molar refractivity (Wildman–Crippen MR) is 79.3 cm³/mol. The minimum absolute atomic E-state index is 0.0278. The van der Waals surface area contributed by atoms with Crippen molar-refractivity contribution in [3.8, 4) is 5.69 Å². The number of rotatable bonds is 4. The van der Waals surface area contributed by atoms with Gasteiger partial charge in [-0.2, -0.15) is 0 Å². The Morgan fingerprint density at radius 3 is 2.79 bits per heavy atom. The minimum Gasteiger partial charge on any atom is -0.454 e. The van der Waals surface area contributed by atoms with Gasteiger partial charge in [0.2, 0.25) is 0 Å². The summed E-state index contributed by atoms with van der Waals surface area (Å²) in [6, 6.07) is 9.43. The Hall–Kier alpha value is -3.16. The third-order valence-electron chi connectivity index (χ3n) is 3.38. The molecule has 8 heteroatoms. The number of ether oxygens (including phenoxy) is 1. The summed E-state index contributed by atoms with van der Waals surface area (Å²) in [6.07, 6.45) is 0.444. The molecule has 0 aliphatic rings. The van der Waals surface area contributed by atoms with E-state index < -0.39 is 23.7 Å². The lowest BCUT2D eigenvalue weighted by Crippen LogP contribution is -2.11. The number of aromatic nitrogens is 4. The van der Waals surface area contributed by atoms with Crippen molar-refractivity contribution in [2.24, 2.45) is 0 Å². The summed E-state index contributed by atoms with van der Waals surface area (Å²) in [5, 5.41) is 10.8. The number of hydrogen-bond donors (Lipinski definition) is 0. The zero-order valence-electron chi connectivity index (χ0n) is 12.6. The largest absolute Gasteiger partial charge is 0.454 e. The van der Waals surface area contributed by atoms with Gasteiger partial charge < -0.3 is 4.74 Å². The molecule has 6 nitrogen and oxygen atoms in total. The van der Waals surface area contributed by atoms with Crippen molar-refractivity contribution in [2.75, 3.05) is 0 Å². The molecular weight excluding hydrogens is 318 g/mol. The van der Waals surface area contributed by atoms with Crippen LogP contribution in [-0.2, 0) is 4.74 Å². The van der Waals surface area contributed by atoms with Gasteiger partial charge in [-0.05, 0) is 53.7 Å². The summed E-state index contributed by atoms with van der Waals surface area (Å²) >= 11 is 0. The van der Waals surface area contributed by atoms with Gasteiger partial charge in [-0.15, -0.1) is 5.10 Å². The van der Waals surface area contributed by atoms with Gasteiger partial charge in [-0.25, -0.2) is 18.3 Å². The maximum atomic E-state index is 13.7. The average Bonchev–Trinajstić information content (AvgIpc) is 3.11. The smallest absolute Gasteiger partial charge is 0.338 e. The predicted octanol–water partition coefficient (Wildman–Crippen LogP) is 2.86. The monoisotopic (exact) mass is 330 g/mol. The van der Waals surface area contributed by atoms with Crippen molar-refractivity contribution in [1.82, 2.24) is 20.2 Å². The van der Waals surface area contributed by atoms with Gasteiger partial charge >= 0.3 is 5.97 Å². The van der Waals surface area contributed by atoms with E-state index in [1.54, 1.807) is 18.2 Å². The van der Waals surface area contributed by atoms with Gasteiger partial charge in [0, 0.05) is 5.56 Å². The molecule has 0 aliphatic heterocycles. The molecule has 0 bridgehead atoms. The van der Waals surface area contributed by atoms with Crippen LogP contribution in [0.5, 0.6) is 0 Å². The molecule has 2 aromatic carbocycles.